The molecule has 2 rings (SSSR count). The minimum atomic E-state index is -4.59. The normalized spacial score (nSPS) is 21.8. The van der Waals surface area contributed by atoms with E-state index in [4.69, 9.17) is 5.73 Å². The molecule has 0 bridgehead atoms. The molecule has 0 radical (unpaired) electrons. The Bertz CT molecular complexity index is 618. The SMILES string of the molecule is CN(CC(C)(C)CN)C(=O)C1(C(F)(F)F)CCN(Cc2ccccc2)C1. The zero-order chi connectivity index (χ0) is 19.6. The van der Waals surface area contributed by atoms with Gasteiger partial charge in [0.2, 0.25) is 5.91 Å². The zero-order valence-corrected chi connectivity index (χ0v) is 15.6. The molecule has 0 spiro atoms. The Balaban J connectivity index is 2.18. The van der Waals surface area contributed by atoms with Crippen LogP contribution in [-0.4, -0.2) is 55.1 Å². The predicted octanol–water partition coefficient (Wildman–Crippen LogP) is 2.88. The summed E-state index contributed by atoms with van der Waals surface area (Å²) in [6, 6.07) is 9.34. The second kappa shape index (κ2) is 7.56. The van der Waals surface area contributed by atoms with Crippen LogP contribution in [0.5, 0.6) is 0 Å². The summed E-state index contributed by atoms with van der Waals surface area (Å²) in [5, 5.41) is 0. The number of carbonyl (C=O) groups excluding carboxylic acids is 1. The Morgan fingerprint density at radius 1 is 1.27 bits per heavy atom. The van der Waals surface area contributed by atoms with Crippen molar-refractivity contribution in [3.8, 4) is 0 Å². The average molecular weight is 371 g/mol. The van der Waals surface area contributed by atoms with E-state index in [1.807, 2.05) is 44.2 Å². The van der Waals surface area contributed by atoms with Crippen molar-refractivity contribution < 1.29 is 18.0 Å². The molecule has 1 atom stereocenters. The summed E-state index contributed by atoms with van der Waals surface area (Å²) >= 11 is 0. The molecule has 1 fully saturated rings. The molecule has 2 N–H and O–H groups in total. The van der Waals surface area contributed by atoms with Crippen molar-refractivity contribution in [1.82, 2.24) is 9.80 Å². The lowest BCUT2D eigenvalue weighted by Gasteiger charge is -2.37. The number of alkyl halides is 3. The van der Waals surface area contributed by atoms with Gasteiger partial charge in [0.15, 0.2) is 5.41 Å². The van der Waals surface area contributed by atoms with Crippen LogP contribution < -0.4 is 5.73 Å². The summed E-state index contributed by atoms with van der Waals surface area (Å²) in [5.41, 5.74) is 3.83. The van der Waals surface area contributed by atoms with E-state index in [1.54, 1.807) is 4.90 Å². The Hall–Kier alpha value is -1.60. The molecular formula is C19H28F3N3O. The van der Waals surface area contributed by atoms with Crippen LogP contribution in [0.2, 0.25) is 0 Å². The minimum Gasteiger partial charge on any atom is -0.344 e. The number of hydrogen-bond acceptors (Lipinski definition) is 3. The van der Waals surface area contributed by atoms with Gasteiger partial charge in [-0.05, 0) is 30.5 Å². The third-order valence-electron chi connectivity index (χ3n) is 5.11. The van der Waals surface area contributed by atoms with Crippen LogP contribution in [0.15, 0.2) is 30.3 Å². The first-order valence-corrected chi connectivity index (χ1v) is 8.79. The molecule has 7 heteroatoms. The molecule has 1 amide bonds. The van der Waals surface area contributed by atoms with Crippen molar-refractivity contribution in [2.75, 3.05) is 33.2 Å². The number of benzene rings is 1. The fraction of sp³-hybridized carbons (Fsp3) is 0.632. The number of carbonyl (C=O) groups is 1. The van der Waals surface area contributed by atoms with Gasteiger partial charge < -0.3 is 10.6 Å². The van der Waals surface area contributed by atoms with E-state index >= 15 is 0 Å². The summed E-state index contributed by atoms with van der Waals surface area (Å²) in [6.45, 7) is 4.51. The molecule has 0 saturated carbocycles. The molecule has 26 heavy (non-hydrogen) atoms. The molecule has 1 heterocycles. The van der Waals surface area contributed by atoms with E-state index in [1.165, 1.54) is 11.9 Å². The molecule has 4 nitrogen and oxygen atoms in total. The van der Waals surface area contributed by atoms with Crippen LogP contribution in [0.25, 0.3) is 0 Å². The Morgan fingerprint density at radius 2 is 1.88 bits per heavy atom. The Kier molecular flexibility index (Phi) is 6.02. The smallest absolute Gasteiger partial charge is 0.344 e. The van der Waals surface area contributed by atoms with Crippen LogP contribution in [0.1, 0.15) is 25.8 Å². The summed E-state index contributed by atoms with van der Waals surface area (Å²) in [7, 11) is 1.44. The Morgan fingerprint density at radius 3 is 2.42 bits per heavy atom. The van der Waals surface area contributed by atoms with Crippen molar-refractivity contribution in [2.45, 2.75) is 33.0 Å². The molecule has 1 aromatic rings. The van der Waals surface area contributed by atoms with Crippen LogP contribution in [0, 0.1) is 10.8 Å². The van der Waals surface area contributed by atoms with Crippen LogP contribution in [-0.2, 0) is 11.3 Å². The van der Waals surface area contributed by atoms with Gasteiger partial charge in [-0.25, -0.2) is 0 Å². The van der Waals surface area contributed by atoms with Gasteiger partial charge in [0.1, 0.15) is 0 Å². The molecule has 0 aliphatic carbocycles. The number of rotatable bonds is 6. The highest BCUT2D eigenvalue weighted by Crippen LogP contribution is 2.47. The number of halogens is 3. The topological polar surface area (TPSA) is 49.6 Å². The first kappa shape index (κ1) is 20.7. The molecule has 1 aliphatic heterocycles. The first-order valence-electron chi connectivity index (χ1n) is 8.79. The van der Waals surface area contributed by atoms with E-state index in [2.05, 4.69) is 0 Å². The largest absolute Gasteiger partial charge is 0.404 e. The highest BCUT2D eigenvalue weighted by Gasteiger charge is 2.63. The number of likely N-dealkylation sites (tertiary alicyclic amines) is 1. The zero-order valence-electron chi connectivity index (χ0n) is 15.6. The first-order chi connectivity index (χ1) is 12.0. The van der Waals surface area contributed by atoms with Gasteiger partial charge in [-0.1, -0.05) is 44.2 Å². The average Bonchev–Trinajstić information content (AvgIpc) is 2.99. The maximum absolute atomic E-state index is 14.0. The van der Waals surface area contributed by atoms with Crippen molar-refractivity contribution in [2.24, 2.45) is 16.6 Å². The van der Waals surface area contributed by atoms with Gasteiger partial charge in [0, 0.05) is 26.7 Å². The van der Waals surface area contributed by atoms with Crippen molar-refractivity contribution >= 4 is 5.91 Å². The lowest BCUT2D eigenvalue weighted by atomic mass is 9.83. The fourth-order valence-electron chi connectivity index (χ4n) is 3.54. The third kappa shape index (κ3) is 4.38. The van der Waals surface area contributed by atoms with E-state index in [0.717, 1.165) is 5.56 Å². The van der Waals surface area contributed by atoms with Crippen molar-refractivity contribution in [3.05, 3.63) is 35.9 Å². The maximum atomic E-state index is 14.0. The Labute approximate surface area is 153 Å². The summed E-state index contributed by atoms with van der Waals surface area (Å²) in [5.74, 6) is -0.859. The number of amides is 1. The highest BCUT2D eigenvalue weighted by molar-refractivity contribution is 5.84. The number of nitrogens with zero attached hydrogens (tertiary/aromatic N) is 2. The summed E-state index contributed by atoms with van der Waals surface area (Å²) in [6.07, 6.45) is -4.80. The molecular weight excluding hydrogens is 343 g/mol. The molecule has 1 unspecified atom stereocenters. The lowest BCUT2D eigenvalue weighted by molar-refractivity contribution is -0.223. The molecule has 1 aromatic carbocycles. The maximum Gasteiger partial charge on any atom is 0.404 e. The summed E-state index contributed by atoms with van der Waals surface area (Å²) in [4.78, 5) is 15.8. The summed E-state index contributed by atoms with van der Waals surface area (Å²) < 4.78 is 41.9. The molecule has 146 valence electrons. The number of nitrogens with two attached hydrogens (primary N) is 1. The second-order valence-corrected chi connectivity index (χ2v) is 8.06. The van der Waals surface area contributed by atoms with E-state index < -0.39 is 22.9 Å². The van der Waals surface area contributed by atoms with Gasteiger partial charge in [0.05, 0.1) is 0 Å². The van der Waals surface area contributed by atoms with E-state index in [0.29, 0.717) is 13.1 Å². The van der Waals surface area contributed by atoms with Crippen molar-refractivity contribution in [1.29, 1.82) is 0 Å². The molecule has 0 aromatic heterocycles. The predicted molar refractivity (Wildman–Crippen MR) is 95.3 cm³/mol. The van der Waals surface area contributed by atoms with E-state index in [-0.39, 0.29) is 26.1 Å². The van der Waals surface area contributed by atoms with Crippen molar-refractivity contribution in [3.63, 3.8) is 0 Å². The van der Waals surface area contributed by atoms with Crippen LogP contribution in [0.3, 0.4) is 0 Å². The standard InChI is InChI=1S/C19H28F3N3O/c1-17(2,12-23)13-24(3)16(26)18(19(20,21)22)9-10-25(14-18)11-15-7-5-4-6-8-15/h4-8H,9-14,23H2,1-3H3. The highest BCUT2D eigenvalue weighted by atomic mass is 19.4. The quantitative estimate of drug-likeness (QED) is 0.837. The fourth-order valence-corrected chi connectivity index (χ4v) is 3.54. The van der Waals surface area contributed by atoms with Gasteiger partial charge >= 0.3 is 6.18 Å². The third-order valence-corrected chi connectivity index (χ3v) is 5.11. The van der Waals surface area contributed by atoms with Gasteiger partial charge in [0.25, 0.3) is 0 Å². The molecule has 1 aliphatic rings. The number of hydrogen-bond donors (Lipinski definition) is 1. The second-order valence-electron chi connectivity index (χ2n) is 8.06. The van der Waals surface area contributed by atoms with Gasteiger partial charge in [-0.2, -0.15) is 13.2 Å². The van der Waals surface area contributed by atoms with Gasteiger partial charge in [-0.3, -0.25) is 9.69 Å². The van der Waals surface area contributed by atoms with Crippen LogP contribution >= 0.6 is 0 Å². The minimum absolute atomic E-state index is 0.193. The monoisotopic (exact) mass is 371 g/mol. The van der Waals surface area contributed by atoms with Crippen LogP contribution in [0.4, 0.5) is 13.2 Å². The van der Waals surface area contributed by atoms with E-state index in [9.17, 15) is 18.0 Å². The molecule has 1 saturated heterocycles. The lowest BCUT2D eigenvalue weighted by Crippen LogP contribution is -2.54. The van der Waals surface area contributed by atoms with Gasteiger partial charge in [-0.15, -0.1) is 0 Å².